The van der Waals surface area contributed by atoms with Gasteiger partial charge in [0.2, 0.25) is 0 Å². The molecule has 16 heavy (non-hydrogen) atoms. The van der Waals surface area contributed by atoms with Crippen LogP contribution in [0.4, 0.5) is 4.39 Å². The molecule has 1 nitrogen and oxygen atoms in total. The van der Waals surface area contributed by atoms with Gasteiger partial charge in [0.15, 0.2) is 0 Å². The molecule has 0 fully saturated rings. The highest BCUT2D eigenvalue weighted by Gasteiger charge is 2.08. The summed E-state index contributed by atoms with van der Waals surface area (Å²) in [5, 5.41) is 10.2. The molecule has 0 saturated heterocycles. The van der Waals surface area contributed by atoms with E-state index in [-0.39, 0.29) is 5.82 Å². The van der Waals surface area contributed by atoms with Crippen molar-refractivity contribution in [3.05, 3.63) is 34.6 Å². The van der Waals surface area contributed by atoms with Crippen molar-refractivity contribution in [1.82, 2.24) is 0 Å². The first-order chi connectivity index (χ1) is 7.63. The number of thioether (sulfide) groups is 1. The Balaban J connectivity index is 2.46. The van der Waals surface area contributed by atoms with E-state index < -0.39 is 6.10 Å². The highest BCUT2D eigenvalue weighted by molar-refractivity contribution is 7.98. The maximum atomic E-state index is 12.8. The number of benzene rings is 1. The average molecular weight is 263 g/mol. The molecule has 1 aromatic carbocycles. The Kier molecular flexibility index (Phi) is 6.17. The number of hydrogen-bond donors (Lipinski definition) is 1. The second-order valence-electron chi connectivity index (χ2n) is 3.73. The molecule has 1 N–H and O–H groups in total. The molecule has 90 valence electrons. The van der Waals surface area contributed by atoms with Gasteiger partial charge < -0.3 is 5.11 Å². The quantitative estimate of drug-likeness (QED) is 0.792. The van der Waals surface area contributed by atoms with Crippen LogP contribution in [0.15, 0.2) is 18.2 Å². The minimum atomic E-state index is -0.393. The van der Waals surface area contributed by atoms with Gasteiger partial charge in [0, 0.05) is 5.02 Å². The summed E-state index contributed by atoms with van der Waals surface area (Å²) in [4.78, 5) is 0. The van der Waals surface area contributed by atoms with Crippen LogP contribution >= 0.6 is 23.4 Å². The standard InChI is InChI=1S/C12H16ClFOS/c1-16-6-2-3-11(15)7-9-4-5-10(14)8-12(9)13/h4-5,8,11,15H,2-3,6-7H2,1H3. The van der Waals surface area contributed by atoms with Gasteiger partial charge in [-0.3, -0.25) is 0 Å². The third-order valence-electron chi connectivity index (χ3n) is 2.36. The van der Waals surface area contributed by atoms with Gasteiger partial charge in [-0.15, -0.1) is 0 Å². The van der Waals surface area contributed by atoms with Crippen LogP contribution in [0.5, 0.6) is 0 Å². The molecule has 1 aromatic rings. The fraction of sp³-hybridized carbons (Fsp3) is 0.500. The Morgan fingerprint density at radius 2 is 2.25 bits per heavy atom. The molecule has 0 amide bonds. The minimum absolute atomic E-state index is 0.342. The Morgan fingerprint density at radius 3 is 2.88 bits per heavy atom. The molecule has 0 aliphatic rings. The van der Waals surface area contributed by atoms with Gasteiger partial charge in [-0.05, 0) is 49.0 Å². The lowest BCUT2D eigenvalue weighted by molar-refractivity contribution is 0.164. The second-order valence-corrected chi connectivity index (χ2v) is 5.12. The van der Waals surface area contributed by atoms with E-state index in [1.807, 2.05) is 6.26 Å². The minimum Gasteiger partial charge on any atom is -0.393 e. The first kappa shape index (κ1) is 13.8. The van der Waals surface area contributed by atoms with E-state index in [4.69, 9.17) is 11.6 Å². The van der Waals surface area contributed by atoms with Gasteiger partial charge >= 0.3 is 0 Å². The Hall–Kier alpha value is -0.250. The van der Waals surface area contributed by atoms with Crippen LogP contribution in [0, 0.1) is 5.82 Å². The van der Waals surface area contributed by atoms with Crippen LogP contribution in [-0.2, 0) is 6.42 Å². The summed E-state index contributed by atoms with van der Waals surface area (Å²) < 4.78 is 12.8. The van der Waals surface area contributed by atoms with E-state index in [1.165, 1.54) is 12.1 Å². The number of rotatable bonds is 6. The molecule has 0 bridgehead atoms. The van der Waals surface area contributed by atoms with E-state index >= 15 is 0 Å². The molecule has 0 aliphatic heterocycles. The predicted molar refractivity (Wildman–Crippen MR) is 68.7 cm³/mol. The molecule has 1 rings (SSSR count). The zero-order valence-electron chi connectivity index (χ0n) is 9.25. The Bertz CT molecular complexity index is 333. The molecular formula is C12H16ClFOS. The van der Waals surface area contributed by atoms with Crippen LogP contribution in [0.25, 0.3) is 0 Å². The van der Waals surface area contributed by atoms with E-state index in [1.54, 1.807) is 17.8 Å². The third-order valence-corrected chi connectivity index (χ3v) is 3.41. The third kappa shape index (κ3) is 4.73. The van der Waals surface area contributed by atoms with Gasteiger partial charge in [0.1, 0.15) is 5.82 Å². The van der Waals surface area contributed by atoms with Crippen molar-refractivity contribution < 1.29 is 9.50 Å². The summed E-state index contributed by atoms with van der Waals surface area (Å²) >= 11 is 7.65. The van der Waals surface area contributed by atoms with Crippen molar-refractivity contribution in [2.75, 3.05) is 12.0 Å². The lowest BCUT2D eigenvalue weighted by Crippen LogP contribution is -2.11. The fourth-order valence-electron chi connectivity index (χ4n) is 1.51. The molecule has 0 aliphatic carbocycles. The van der Waals surface area contributed by atoms with Gasteiger partial charge in [-0.2, -0.15) is 11.8 Å². The molecule has 0 aromatic heterocycles. The summed E-state index contributed by atoms with van der Waals surface area (Å²) in [6, 6.07) is 4.29. The van der Waals surface area contributed by atoms with E-state index in [9.17, 15) is 9.50 Å². The smallest absolute Gasteiger partial charge is 0.124 e. The van der Waals surface area contributed by atoms with Crippen molar-refractivity contribution in [1.29, 1.82) is 0 Å². The first-order valence-corrected chi connectivity index (χ1v) is 7.01. The zero-order valence-corrected chi connectivity index (χ0v) is 10.8. The molecule has 1 atom stereocenters. The summed E-state index contributed by atoms with van der Waals surface area (Å²) in [6.07, 6.45) is 3.89. The van der Waals surface area contributed by atoms with Crippen molar-refractivity contribution in [3.8, 4) is 0 Å². The predicted octanol–water partition coefficient (Wildman–Crippen LogP) is 3.53. The monoisotopic (exact) mass is 262 g/mol. The normalized spacial score (nSPS) is 12.8. The molecule has 0 heterocycles. The maximum absolute atomic E-state index is 12.8. The summed E-state index contributed by atoms with van der Waals surface area (Å²) in [5.41, 5.74) is 0.805. The maximum Gasteiger partial charge on any atom is 0.124 e. The van der Waals surface area contributed by atoms with Crippen LogP contribution < -0.4 is 0 Å². The summed E-state index contributed by atoms with van der Waals surface area (Å²) in [6.45, 7) is 0. The lowest BCUT2D eigenvalue weighted by Gasteiger charge is -2.11. The highest BCUT2D eigenvalue weighted by atomic mass is 35.5. The summed E-state index contributed by atoms with van der Waals surface area (Å²) in [7, 11) is 0. The van der Waals surface area contributed by atoms with Crippen molar-refractivity contribution in [2.24, 2.45) is 0 Å². The van der Waals surface area contributed by atoms with Crippen molar-refractivity contribution in [3.63, 3.8) is 0 Å². The van der Waals surface area contributed by atoms with E-state index in [0.29, 0.717) is 11.4 Å². The number of aliphatic hydroxyl groups excluding tert-OH is 1. The lowest BCUT2D eigenvalue weighted by atomic mass is 10.0. The van der Waals surface area contributed by atoms with Gasteiger partial charge in [-0.1, -0.05) is 17.7 Å². The van der Waals surface area contributed by atoms with Crippen LogP contribution in [-0.4, -0.2) is 23.2 Å². The van der Waals surface area contributed by atoms with Crippen LogP contribution in [0.2, 0.25) is 5.02 Å². The second kappa shape index (κ2) is 7.15. The van der Waals surface area contributed by atoms with Gasteiger partial charge in [-0.25, -0.2) is 4.39 Å². The SMILES string of the molecule is CSCCCC(O)Cc1ccc(F)cc1Cl. The van der Waals surface area contributed by atoms with Crippen LogP contribution in [0.3, 0.4) is 0 Å². The molecule has 0 saturated carbocycles. The number of aliphatic hydroxyl groups is 1. The van der Waals surface area contributed by atoms with E-state index in [0.717, 1.165) is 24.2 Å². The van der Waals surface area contributed by atoms with Crippen molar-refractivity contribution in [2.45, 2.75) is 25.4 Å². The largest absolute Gasteiger partial charge is 0.393 e. The van der Waals surface area contributed by atoms with E-state index in [2.05, 4.69) is 0 Å². The fourth-order valence-corrected chi connectivity index (χ4v) is 2.21. The summed E-state index contributed by atoms with van der Waals surface area (Å²) in [5.74, 6) is 0.708. The Labute approximate surface area is 105 Å². The van der Waals surface area contributed by atoms with Gasteiger partial charge in [0.05, 0.1) is 6.10 Å². The molecule has 0 spiro atoms. The average Bonchev–Trinajstić information content (AvgIpc) is 2.23. The zero-order chi connectivity index (χ0) is 12.0. The first-order valence-electron chi connectivity index (χ1n) is 5.24. The molecule has 4 heteroatoms. The van der Waals surface area contributed by atoms with Crippen molar-refractivity contribution >= 4 is 23.4 Å². The topological polar surface area (TPSA) is 20.2 Å². The van der Waals surface area contributed by atoms with Gasteiger partial charge in [0.25, 0.3) is 0 Å². The molecular weight excluding hydrogens is 247 g/mol. The highest BCUT2D eigenvalue weighted by Crippen LogP contribution is 2.20. The Morgan fingerprint density at radius 1 is 1.50 bits per heavy atom. The number of hydrogen-bond acceptors (Lipinski definition) is 2. The number of halogens is 2. The molecule has 0 radical (unpaired) electrons. The molecule has 1 unspecified atom stereocenters. The van der Waals surface area contributed by atoms with Crippen LogP contribution in [0.1, 0.15) is 18.4 Å².